The number of hydrogen-bond acceptors (Lipinski definition) is 5. The molecule has 2 rings (SSSR count). The number of alkyl halides is 3. The molecule has 10 heteroatoms. The van der Waals surface area contributed by atoms with Crippen LogP contribution in [0.2, 0.25) is 0 Å². The zero-order valence-electron chi connectivity index (χ0n) is 13.8. The van der Waals surface area contributed by atoms with Gasteiger partial charge in [-0.2, -0.15) is 18.4 Å². The normalized spacial score (nSPS) is 13.8. The molecule has 1 aromatic rings. The number of nitriles is 1. The zero-order valence-corrected chi connectivity index (χ0v) is 13.8. The highest BCUT2D eigenvalue weighted by Crippen LogP contribution is 2.16. The molecule has 1 aromatic carbocycles. The van der Waals surface area contributed by atoms with Crippen LogP contribution in [0.5, 0.6) is 0 Å². The SMILES string of the molecule is N#CCC(=O)NCc1ccc(N2CCOCC2)cc1.O=C(O)C(F)(F)F. The van der Waals surface area contributed by atoms with E-state index in [9.17, 15) is 18.0 Å². The minimum Gasteiger partial charge on any atom is -0.475 e. The molecule has 0 aliphatic carbocycles. The molecule has 0 radical (unpaired) electrons. The van der Waals surface area contributed by atoms with Crippen LogP contribution in [0.4, 0.5) is 18.9 Å². The summed E-state index contributed by atoms with van der Waals surface area (Å²) in [5, 5.41) is 18.2. The summed E-state index contributed by atoms with van der Waals surface area (Å²) in [4.78, 5) is 22.4. The van der Waals surface area contributed by atoms with Crippen LogP contribution in [0, 0.1) is 11.3 Å². The molecule has 0 saturated carbocycles. The molecule has 1 amide bonds. The first-order chi connectivity index (χ1) is 12.2. The van der Waals surface area contributed by atoms with E-state index in [-0.39, 0.29) is 12.3 Å². The van der Waals surface area contributed by atoms with Crippen molar-refractivity contribution in [1.82, 2.24) is 5.32 Å². The van der Waals surface area contributed by atoms with E-state index in [4.69, 9.17) is 19.9 Å². The fourth-order valence-corrected chi connectivity index (χ4v) is 1.98. The van der Waals surface area contributed by atoms with Crippen LogP contribution < -0.4 is 10.2 Å². The first-order valence-electron chi connectivity index (χ1n) is 7.59. The number of nitrogens with one attached hydrogen (secondary N) is 1. The van der Waals surface area contributed by atoms with Crippen molar-refractivity contribution in [1.29, 1.82) is 5.26 Å². The summed E-state index contributed by atoms with van der Waals surface area (Å²) in [6.07, 6.45) is -5.17. The van der Waals surface area contributed by atoms with Crippen molar-refractivity contribution in [3.63, 3.8) is 0 Å². The molecule has 1 heterocycles. The second-order valence-corrected chi connectivity index (χ2v) is 5.18. The molecule has 26 heavy (non-hydrogen) atoms. The number of rotatable bonds is 4. The average molecular weight is 373 g/mol. The molecule has 1 aliphatic rings. The van der Waals surface area contributed by atoms with Gasteiger partial charge in [-0.25, -0.2) is 4.79 Å². The molecule has 142 valence electrons. The predicted molar refractivity (Wildman–Crippen MR) is 85.2 cm³/mol. The molecule has 0 atom stereocenters. The summed E-state index contributed by atoms with van der Waals surface area (Å²) < 4.78 is 37.1. The number of carboxylic acids is 1. The molecule has 0 unspecified atom stereocenters. The van der Waals surface area contributed by atoms with Gasteiger partial charge in [-0.05, 0) is 17.7 Å². The van der Waals surface area contributed by atoms with E-state index in [0.717, 1.165) is 31.9 Å². The van der Waals surface area contributed by atoms with Gasteiger partial charge in [0, 0.05) is 25.3 Å². The second-order valence-electron chi connectivity index (χ2n) is 5.18. The third-order valence-electron chi connectivity index (χ3n) is 3.28. The minimum atomic E-state index is -5.08. The number of hydrogen-bond donors (Lipinski definition) is 2. The Labute approximate surface area is 148 Å². The largest absolute Gasteiger partial charge is 0.490 e. The van der Waals surface area contributed by atoms with E-state index in [2.05, 4.69) is 22.3 Å². The number of morpholine rings is 1. The topological polar surface area (TPSA) is 103 Å². The lowest BCUT2D eigenvalue weighted by molar-refractivity contribution is -0.192. The van der Waals surface area contributed by atoms with Gasteiger partial charge in [0.05, 0.1) is 19.3 Å². The lowest BCUT2D eigenvalue weighted by atomic mass is 10.2. The smallest absolute Gasteiger partial charge is 0.475 e. The van der Waals surface area contributed by atoms with E-state index in [1.807, 2.05) is 18.2 Å². The fraction of sp³-hybridized carbons (Fsp3) is 0.438. The van der Waals surface area contributed by atoms with Crippen LogP contribution in [0.3, 0.4) is 0 Å². The Hall–Kier alpha value is -2.80. The van der Waals surface area contributed by atoms with Gasteiger partial charge in [0.15, 0.2) is 0 Å². The van der Waals surface area contributed by atoms with E-state index >= 15 is 0 Å². The molecule has 0 aromatic heterocycles. The number of carbonyl (C=O) groups excluding carboxylic acids is 1. The molecule has 1 fully saturated rings. The second kappa shape index (κ2) is 10.2. The van der Waals surface area contributed by atoms with Gasteiger partial charge in [0.25, 0.3) is 0 Å². The maximum atomic E-state index is 11.2. The predicted octanol–water partition coefficient (Wildman–Crippen LogP) is 1.69. The summed E-state index contributed by atoms with van der Waals surface area (Å²) in [7, 11) is 0. The number of halogens is 3. The van der Waals surface area contributed by atoms with Crippen LogP contribution in [0.15, 0.2) is 24.3 Å². The quantitative estimate of drug-likeness (QED) is 0.833. The Bertz CT molecular complexity index is 636. The highest BCUT2D eigenvalue weighted by molar-refractivity contribution is 5.77. The number of carboxylic acid groups (broad SMARTS) is 1. The van der Waals surface area contributed by atoms with Crippen LogP contribution in [-0.4, -0.2) is 49.5 Å². The van der Waals surface area contributed by atoms with Crippen molar-refractivity contribution >= 4 is 17.6 Å². The summed E-state index contributed by atoms with van der Waals surface area (Å²) >= 11 is 0. The minimum absolute atomic E-state index is 0.0914. The molecule has 1 saturated heterocycles. The van der Waals surface area contributed by atoms with Crippen molar-refractivity contribution in [2.75, 3.05) is 31.2 Å². The van der Waals surface area contributed by atoms with Crippen LogP contribution in [0.1, 0.15) is 12.0 Å². The first kappa shape index (κ1) is 21.2. The number of benzene rings is 1. The van der Waals surface area contributed by atoms with Gasteiger partial charge in [0.1, 0.15) is 6.42 Å². The van der Waals surface area contributed by atoms with Gasteiger partial charge in [-0.1, -0.05) is 12.1 Å². The maximum Gasteiger partial charge on any atom is 0.490 e. The van der Waals surface area contributed by atoms with Gasteiger partial charge in [-0.3, -0.25) is 4.79 Å². The maximum absolute atomic E-state index is 11.2. The van der Waals surface area contributed by atoms with Crippen molar-refractivity contribution < 1.29 is 32.6 Å². The molecule has 7 nitrogen and oxygen atoms in total. The monoisotopic (exact) mass is 373 g/mol. The Morgan fingerprint density at radius 1 is 1.23 bits per heavy atom. The van der Waals surface area contributed by atoms with E-state index in [0.29, 0.717) is 6.54 Å². The summed E-state index contributed by atoms with van der Waals surface area (Å²) in [6, 6.07) is 9.93. The number of ether oxygens (including phenoxy) is 1. The Balaban J connectivity index is 0.000000412. The Morgan fingerprint density at radius 3 is 2.23 bits per heavy atom. The fourth-order valence-electron chi connectivity index (χ4n) is 1.98. The summed E-state index contributed by atoms with van der Waals surface area (Å²) in [6.45, 7) is 3.83. The lowest BCUT2D eigenvalue weighted by Crippen LogP contribution is -2.36. The van der Waals surface area contributed by atoms with Crippen molar-refractivity contribution in [3.8, 4) is 6.07 Å². The van der Waals surface area contributed by atoms with Gasteiger partial charge in [0.2, 0.25) is 5.91 Å². The number of anilines is 1. The van der Waals surface area contributed by atoms with E-state index < -0.39 is 12.1 Å². The first-order valence-corrected chi connectivity index (χ1v) is 7.59. The third kappa shape index (κ3) is 7.85. The highest BCUT2D eigenvalue weighted by atomic mass is 19.4. The molecule has 0 spiro atoms. The molecular formula is C16H18F3N3O4. The summed E-state index contributed by atoms with van der Waals surface area (Å²) in [5.74, 6) is -2.99. The number of carbonyl (C=O) groups is 2. The van der Waals surface area contributed by atoms with Crippen LogP contribution in [0.25, 0.3) is 0 Å². The molecule has 1 aliphatic heterocycles. The number of aliphatic carboxylic acids is 1. The highest BCUT2D eigenvalue weighted by Gasteiger charge is 2.38. The average Bonchev–Trinajstić information content (AvgIpc) is 2.61. The van der Waals surface area contributed by atoms with Gasteiger partial charge in [-0.15, -0.1) is 0 Å². The van der Waals surface area contributed by atoms with Crippen LogP contribution in [-0.2, 0) is 20.9 Å². The zero-order chi connectivity index (χ0) is 19.6. The van der Waals surface area contributed by atoms with Gasteiger partial charge >= 0.3 is 12.1 Å². The summed E-state index contributed by atoms with van der Waals surface area (Å²) in [5.41, 5.74) is 2.21. The van der Waals surface area contributed by atoms with Crippen molar-refractivity contribution in [2.45, 2.75) is 19.1 Å². The molecule has 0 bridgehead atoms. The Kier molecular flexibility index (Phi) is 8.37. The standard InChI is InChI=1S/C14H17N3O2.C2HF3O2/c15-6-5-14(18)16-11-12-1-3-13(4-2-12)17-7-9-19-10-8-17;3-2(4,5)1(6)7/h1-4H,5,7-11H2,(H,16,18);(H,6,7). The lowest BCUT2D eigenvalue weighted by Gasteiger charge is -2.28. The van der Waals surface area contributed by atoms with Crippen molar-refractivity contribution in [3.05, 3.63) is 29.8 Å². The van der Waals surface area contributed by atoms with Crippen molar-refractivity contribution in [2.24, 2.45) is 0 Å². The molecule has 2 N–H and O–H groups in total. The van der Waals surface area contributed by atoms with Crippen LogP contribution >= 0.6 is 0 Å². The van der Waals surface area contributed by atoms with E-state index in [1.165, 1.54) is 5.69 Å². The third-order valence-corrected chi connectivity index (χ3v) is 3.28. The number of nitrogens with zero attached hydrogens (tertiary/aromatic N) is 2. The Morgan fingerprint density at radius 2 is 1.77 bits per heavy atom. The molecular weight excluding hydrogens is 355 g/mol. The number of amides is 1. The van der Waals surface area contributed by atoms with Gasteiger partial charge < -0.3 is 20.1 Å². The van der Waals surface area contributed by atoms with E-state index in [1.54, 1.807) is 0 Å².